The molecule has 1 saturated heterocycles. The largest absolute Gasteiger partial charge is 0.416 e. The predicted molar refractivity (Wildman–Crippen MR) is 110 cm³/mol. The highest BCUT2D eigenvalue weighted by Crippen LogP contribution is 2.30. The zero-order valence-corrected chi connectivity index (χ0v) is 17.5. The van der Waals surface area contributed by atoms with Crippen LogP contribution >= 0.6 is 12.4 Å². The van der Waals surface area contributed by atoms with Crippen molar-refractivity contribution < 1.29 is 22.4 Å². The molecular weight excluding hydrogens is 420 g/mol. The van der Waals surface area contributed by atoms with Crippen molar-refractivity contribution in [1.82, 2.24) is 9.80 Å². The molecule has 3 rings (SSSR count). The van der Waals surface area contributed by atoms with Gasteiger partial charge in [0.2, 0.25) is 5.91 Å². The van der Waals surface area contributed by atoms with Gasteiger partial charge in [-0.25, -0.2) is 4.39 Å². The molecule has 1 fully saturated rings. The Balaban J connectivity index is 0.00000320. The van der Waals surface area contributed by atoms with Crippen molar-refractivity contribution in [2.24, 2.45) is 0 Å². The van der Waals surface area contributed by atoms with Gasteiger partial charge in [0.25, 0.3) is 0 Å². The molecule has 1 heterocycles. The Labute approximate surface area is 180 Å². The van der Waals surface area contributed by atoms with Crippen LogP contribution in [0, 0.1) is 5.82 Å². The van der Waals surface area contributed by atoms with Crippen LogP contribution in [0.1, 0.15) is 35.6 Å². The van der Waals surface area contributed by atoms with Crippen LogP contribution in [0.3, 0.4) is 0 Å². The highest BCUT2D eigenvalue weighted by Gasteiger charge is 2.30. The lowest BCUT2D eigenvalue weighted by Gasteiger charge is -2.32. The molecule has 0 spiro atoms. The van der Waals surface area contributed by atoms with Crippen molar-refractivity contribution in [2.45, 2.75) is 31.5 Å². The molecule has 1 amide bonds. The van der Waals surface area contributed by atoms with E-state index in [-0.39, 0.29) is 30.6 Å². The number of amides is 1. The summed E-state index contributed by atoms with van der Waals surface area (Å²) in [5.41, 5.74) is 0.186. The number of rotatable bonds is 6. The van der Waals surface area contributed by atoms with Gasteiger partial charge in [0.05, 0.1) is 18.0 Å². The summed E-state index contributed by atoms with van der Waals surface area (Å²) in [6.07, 6.45) is -2.30. The first-order valence-electron chi connectivity index (χ1n) is 9.64. The lowest BCUT2D eigenvalue weighted by atomic mass is 10.0. The van der Waals surface area contributed by atoms with E-state index in [0.29, 0.717) is 17.7 Å². The molecule has 0 aliphatic carbocycles. The molecule has 0 radical (unpaired) electrons. The van der Waals surface area contributed by atoms with Gasteiger partial charge in [-0.3, -0.25) is 4.79 Å². The average molecular weight is 445 g/mol. The van der Waals surface area contributed by atoms with Crippen molar-refractivity contribution in [1.29, 1.82) is 0 Å². The number of carbonyl (C=O) groups is 1. The summed E-state index contributed by atoms with van der Waals surface area (Å²) in [6.45, 7) is 2.34. The van der Waals surface area contributed by atoms with E-state index < -0.39 is 17.8 Å². The molecule has 0 aromatic heterocycles. The minimum Gasteiger partial charge on any atom is -0.337 e. The third kappa shape index (κ3) is 5.95. The van der Waals surface area contributed by atoms with Crippen molar-refractivity contribution in [3.05, 3.63) is 71.0 Å². The highest BCUT2D eigenvalue weighted by molar-refractivity contribution is 5.85. The van der Waals surface area contributed by atoms with E-state index in [1.807, 2.05) is 0 Å². The number of likely N-dealkylation sites (tertiary alicyclic amines) is 1. The minimum absolute atomic E-state index is 0. The van der Waals surface area contributed by atoms with Crippen LogP contribution in [0.4, 0.5) is 17.6 Å². The summed E-state index contributed by atoms with van der Waals surface area (Å²) >= 11 is 0. The molecule has 2 aromatic carbocycles. The topological polar surface area (TPSA) is 23.6 Å². The first-order valence-corrected chi connectivity index (χ1v) is 9.64. The first kappa shape index (κ1) is 24.2. The summed E-state index contributed by atoms with van der Waals surface area (Å²) in [7, 11) is 1.62. The Hall–Kier alpha value is -2.12. The van der Waals surface area contributed by atoms with Crippen molar-refractivity contribution in [3.63, 3.8) is 0 Å². The van der Waals surface area contributed by atoms with Crippen molar-refractivity contribution in [3.8, 4) is 0 Å². The molecular formula is C22H25ClF4N2O. The van der Waals surface area contributed by atoms with Gasteiger partial charge in [-0.05, 0) is 49.7 Å². The quantitative estimate of drug-likeness (QED) is 0.578. The van der Waals surface area contributed by atoms with E-state index in [9.17, 15) is 22.4 Å². The summed E-state index contributed by atoms with van der Waals surface area (Å²) in [6, 6.07) is 10.5. The lowest BCUT2D eigenvalue weighted by Crippen LogP contribution is -2.39. The normalized spacial score (nSPS) is 15.5. The summed E-state index contributed by atoms with van der Waals surface area (Å²) < 4.78 is 52.6. The molecule has 2 aromatic rings. The van der Waals surface area contributed by atoms with Gasteiger partial charge >= 0.3 is 6.18 Å². The maximum Gasteiger partial charge on any atom is 0.416 e. The molecule has 0 bridgehead atoms. The second-order valence-electron chi connectivity index (χ2n) is 7.42. The smallest absolute Gasteiger partial charge is 0.337 e. The van der Waals surface area contributed by atoms with Crippen LogP contribution in [0.5, 0.6) is 0 Å². The van der Waals surface area contributed by atoms with Crippen molar-refractivity contribution >= 4 is 18.3 Å². The molecule has 8 heteroatoms. The summed E-state index contributed by atoms with van der Waals surface area (Å²) in [4.78, 5) is 16.6. The zero-order chi connectivity index (χ0) is 21.0. The van der Waals surface area contributed by atoms with Gasteiger partial charge in [-0.2, -0.15) is 13.2 Å². The SMILES string of the molecule is CN(C(=O)Cc1ccc(C(F)(F)F)cc1)C(CN1CCCC1)c1ccccc1F.Cl. The standard InChI is InChI=1S/C22H24F4N2O.ClH/c1-27(21(29)14-16-8-10-17(11-9-16)22(24,25)26)20(15-28-12-4-5-13-28)18-6-2-3-7-19(18)23;/h2-3,6-11,20H,4-5,12-15H2,1H3;1H. The van der Waals surface area contributed by atoms with E-state index in [0.717, 1.165) is 38.1 Å². The second-order valence-corrected chi connectivity index (χ2v) is 7.42. The second kappa shape index (κ2) is 10.3. The number of carbonyl (C=O) groups excluding carboxylic acids is 1. The maximum atomic E-state index is 14.5. The van der Waals surface area contributed by atoms with E-state index in [1.165, 1.54) is 23.1 Å². The monoisotopic (exact) mass is 444 g/mol. The fourth-order valence-corrected chi connectivity index (χ4v) is 3.67. The van der Waals surface area contributed by atoms with E-state index in [4.69, 9.17) is 0 Å². The van der Waals surface area contributed by atoms with Crippen molar-refractivity contribution in [2.75, 3.05) is 26.7 Å². The lowest BCUT2D eigenvalue weighted by molar-refractivity contribution is -0.137. The van der Waals surface area contributed by atoms with Gasteiger partial charge in [-0.1, -0.05) is 30.3 Å². The number of alkyl halides is 3. The van der Waals surface area contributed by atoms with Gasteiger partial charge in [0.15, 0.2) is 0 Å². The highest BCUT2D eigenvalue weighted by atomic mass is 35.5. The van der Waals surface area contributed by atoms with E-state index in [2.05, 4.69) is 4.90 Å². The Bertz CT molecular complexity index is 836. The predicted octanol–water partition coefficient (Wildman–Crippen LogP) is 5.10. The Morgan fingerprint density at radius 1 is 1.07 bits per heavy atom. The van der Waals surface area contributed by atoms with Crippen LogP contribution < -0.4 is 0 Å². The van der Waals surface area contributed by atoms with Gasteiger partial charge in [0.1, 0.15) is 5.82 Å². The number of likely N-dealkylation sites (N-methyl/N-ethyl adjacent to an activating group) is 1. The third-order valence-electron chi connectivity index (χ3n) is 5.39. The third-order valence-corrected chi connectivity index (χ3v) is 5.39. The van der Waals surface area contributed by atoms with Gasteiger partial charge in [-0.15, -0.1) is 12.4 Å². The molecule has 164 valence electrons. The molecule has 0 saturated carbocycles. The minimum atomic E-state index is -4.41. The average Bonchev–Trinajstić information content (AvgIpc) is 3.19. The molecule has 1 atom stereocenters. The Kier molecular flexibility index (Phi) is 8.26. The van der Waals surface area contributed by atoms with Gasteiger partial charge < -0.3 is 9.80 Å². The fraction of sp³-hybridized carbons (Fsp3) is 0.409. The molecule has 3 nitrogen and oxygen atoms in total. The van der Waals surface area contributed by atoms with Crippen LogP contribution in [0.15, 0.2) is 48.5 Å². The molecule has 0 N–H and O–H groups in total. The number of halogens is 5. The molecule has 1 aliphatic heterocycles. The van der Waals surface area contributed by atoms with Crippen LogP contribution in [0.25, 0.3) is 0 Å². The van der Waals surface area contributed by atoms with Crippen LogP contribution in [0.2, 0.25) is 0 Å². The van der Waals surface area contributed by atoms with Crippen LogP contribution in [-0.2, 0) is 17.4 Å². The maximum absolute atomic E-state index is 14.5. The fourth-order valence-electron chi connectivity index (χ4n) is 3.67. The van der Waals surface area contributed by atoms with Crippen LogP contribution in [-0.4, -0.2) is 42.4 Å². The molecule has 1 unspecified atom stereocenters. The number of hydrogen-bond donors (Lipinski definition) is 0. The Morgan fingerprint density at radius 2 is 1.67 bits per heavy atom. The summed E-state index contributed by atoms with van der Waals surface area (Å²) in [5, 5.41) is 0. The molecule has 1 aliphatic rings. The summed E-state index contributed by atoms with van der Waals surface area (Å²) in [5.74, 6) is -0.636. The Morgan fingerprint density at radius 3 is 2.23 bits per heavy atom. The van der Waals surface area contributed by atoms with Gasteiger partial charge in [0, 0.05) is 19.2 Å². The first-order chi connectivity index (χ1) is 13.8. The number of benzene rings is 2. The zero-order valence-electron chi connectivity index (χ0n) is 16.7. The number of nitrogens with zero attached hydrogens (tertiary/aromatic N) is 2. The van der Waals surface area contributed by atoms with E-state index >= 15 is 0 Å². The number of hydrogen-bond acceptors (Lipinski definition) is 2. The van der Waals surface area contributed by atoms with E-state index in [1.54, 1.807) is 25.2 Å². The molecule has 30 heavy (non-hydrogen) atoms.